The predicted molar refractivity (Wildman–Crippen MR) is 99.4 cm³/mol. The van der Waals surface area contributed by atoms with Gasteiger partial charge in [-0.3, -0.25) is 0 Å². The topological polar surface area (TPSA) is 32.3 Å². The molecule has 4 rings (SSSR count). The lowest BCUT2D eigenvalue weighted by atomic mass is 10.1. The van der Waals surface area contributed by atoms with Gasteiger partial charge in [-0.2, -0.15) is 0 Å². The molecule has 0 atom stereocenters. The molecule has 1 saturated heterocycles. The summed E-state index contributed by atoms with van der Waals surface area (Å²) < 4.78 is 0. The predicted octanol–water partition coefficient (Wildman–Crippen LogP) is 3.36. The van der Waals surface area contributed by atoms with E-state index in [2.05, 4.69) is 66.2 Å². The van der Waals surface area contributed by atoms with E-state index in [1.54, 1.807) is 0 Å². The number of aryl methyl sites for hydroxylation is 1. The van der Waals surface area contributed by atoms with Crippen molar-refractivity contribution in [2.75, 3.05) is 38.1 Å². The molecular formula is C20H22N4. The molecule has 2 aromatic carbocycles. The Labute approximate surface area is 142 Å². The average Bonchev–Trinajstić information content (AvgIpc) is 2.61. The maximum absolute atomic E-state index is 4.96. The minimum atomic E-state index is 0.811. The lowest BCUT2D eigenvalue weighted by molar-refractivity contribution is 0.312. The van der Waals surface area contributed by atoms with Gasteiger partial charge in [-0.25, -0.2) is 9.97 Å². The van der Waals surface area contributed by atoms with Crippen molar-refractivity contribution in [1.82, 2.24) is 14.9 Å². The van der Waals surface area contributed by atoms with Gasteiger partial charge in [-0.05, 0) is 32.2 Å². The van der Waals surface area contributed by atoms with Gasteiger partial charge < -0.3 is 9.80 Å². The van der Waals surface area contributed by atoms with E-state index in [0.717, 1.165) is 54.3 Å². The summed E-state index contributed by atoms with van der Waals surface area (Å²) in [4.78, 5) is 14.5. The molecule has 4 nitrogen and oxygen atoms in total. The molecule has 0 saturated carbocycles. The molecule has 0 spiro atoms. The van der Waals surface area contributed by atoms with Gasteiger partial charge in [0.05, 0.1) is 5.52 Å². The number of piperazine rings is 1. The first-order valence-corrected chi connectivity index (χ1v) is 8.48. The maximum Gasteiger partial charge on any atom is 0.162 e. The Bertz CT molecular complexity index is 866. The van der Waals surface area contributed by atoms with Crippen molar-refractivity contribution in [3.63, 3.8) is 0 Å². The van der Waals surface area contributed by atoms with Gasteiger partial charge in [0.15, 0.2) is 5.82 Å². The molecule has 122 valence electrons. The largest absolute Gasteiger partial charge is 0.353 e. The van der Waals surface area contributed by atoms with E-state index < -0.39 is 0 Å². The van der Waals surface area contributed by atoms with Crippen LogP contribution in [0, 0.1) is 6.92 Å². The fourth-order valence-corrected chi connectivity index (χ4v) is 3.23. The van der Waals surface area contributed by atoms with Crippen molar-refractivity contribution in [2.45, 2.75) is 6.92 Å². The first-order valence-electron chi connectivity index (χ1n) is 8.48. The van der Waals surface area contributed by atoms with Crippen molar-refractivity contribution in [3.8, 4) is 11.4 Å². The number of anilines is 1. The number of benzene rings is 2. The van der Waals surface area contributed by atoms with Gasteiger partial charge in [0.1, 0.15) is 5.82 Å². The number of aromatic nitrogens is 2. The number of hydrogen-bond acceptors (Lipinski definition) is 4. The lowest BCUT2D eigenvalue weighted by Crippen LogP contribution is -2.45. The Morgan fingerprint density at radius 1 is 0.875 bits per heavy atom. The smallest absolute Gasteiger partial charge is 0.162 e. The molecular weight excluding hydrogens is 296 g/mol. The normalized spacial score (nSPS) is 15.8. The summed E-state index contributed by atoms with van der Waals surface area (Å²) in [7, 11) is 2.17. The van der Waals surface area contributed by atoms with Gasteiger partial charge in [0.2, 0.25) is 0 Å². The number of fused-ring (bicyclic) bond motifs is 1. The van der Waals surface area contributed by atoms with Crippen LogP contribution in [0.15, 0.2) is 48.5 Å². The van der Waals surface area contributed by atoms with E-state index in [1.807, 2.05) is 6.07 Å². The summed E-state index contributed by atoms with van der Waals surface area (Å²) in [6.07, 6.45) is 0. The molecule has 1 aromatic heterocycles. The van der Waals surface area contributed by atoms with Crippen LogP contribution < -0.4 is 4.90 Å². The summed E-state index contributed by atoms with van der Waals surface area (Å²) in [6.45, 7) is 6.25. The highest BCUT2D eigenvalue weighted by atomic mass is 15.3. The Kier molecular flexibility index (Phi) is 3.90. The summed E-state index contributed by atoms with van der Waals surface area (Å²) in [5, 5.41) is 1.14. The zero-order valence-corrected chi connectivity index (χ0v) is 14.2. The van der Waals surface area contributed by atoms with Crippen molar-refractivity contribution in [2.24, 2.45) is 0 Å². The monoisotopic (exact) mass is 318 g/mol. The zero-order chi connectivity index (χ0) is 16.5. The van der Waals surface area contributed by atoms with E-state index >= 15 is 0 Å². The molecule has 1 aliphatic rings. The second-order valence-corrected chi connectivity index (χ2v) is 6.55. The Balaban J connectivity index is 1.85. The van der Waals surface area contributed by atoms with E-state index in [4.69, 9.17) is 9.97 Å². The fraction of sp³-hybridized carbons (Fsp3) is 0.300. The standard InChI is InChI=1S/C20H22N4/c1-15-6-5-7-16(14-15)19-21-18-9-4-3-8-17(18)20(22-19)24-12-10-23(2)11-13-24/h3-9,14H,10-13H2,1-2H3. The summed E-state index contributed by atoms with van der Waals surface area (Å²) >= 11 is 0. The molecule has 24 heavy (non-hydrogen) atoms. The quantitative estimate of drug-likeness (QED) is 0.725. The lowest BCUT2D eigenvalue weighted by Gasteiger charge is -2.33. The summed E-state index contributed by atoms with van der Waals surface area (Å²) in [5.74, 6) is 1.87. The highest BCUT2D eigenvalue weighted by molar-refractivity contribution is 5.91. The van der Waals surface area contributed by atoms with Crippen LogP contribution in [0.25, 0.3) is 22.3 Å². The van der Waals surface area contributed by atoms with Crippen molar-refractivity contribution in [3.05, 3.63) is 54.1 Å². The summed E-state index contributed by atoms with van der Waals surface area (Å²) in [5.41, 5.74) is 3.32. The number of rotatable bonds is 2. The van der Waals surface area contributed by atoms with Gasteiger partial charge in [-0.1, -0.05) is 35.9 Å². The average molecular weight is 318 g/mol. The molecule has 1 aliphatic heterocycles. The Morgan fingerprint density at radius 3 is 2.46 bits per heavy atom. The molecule has 0 N–H and O–H groups in total. The van der Waals surface area contributed by atoms with Crippen LogP contribution in [0.3, 0.4) is 0 Å². The van der Waals surface area contributed by atoms with Gasteiger partial charge in [0.25, 0.3) is 0 Å². The molecule has 0 unspecified atom stereocenters. The highest BCUT2D eigenvalue weighted by Gasteiger charge is 2.19. The minimum Gasteiger partial charge on any atom is -0.353 e. The Morgan fingerprint density at radius 2 is 1.67 bits per heavy atom. The molecule has 0 radical (unpaired) electrons. The molecule has 0 amide bonds. The molecule has 4 heteroatoms. The van der Waals surface area contributed by atoms with Gasteiger partial charge >= 0.3 is 0 Å². The van der Waals surface area contributed by atoms with E-state index in [1.165, 1.54) is 5.56 Å². The number of para-hydroxylation sites is 1. The Hall–Kier alpha value is -2.46. The second kappa shape index (κ2) is 6.21. The van der Waals surface area contributed by atoms with Crippen LogP contribution in [0.2, 0.25) is 0 Å². The van der Waals surface area contributed by atoms with Gasteiger partial charge in [0, 0.05) is 37.1 Å². The van der Waals surface area contributed by atoms with Crippen molar-refractivity contribution >= 4 is 16.7 Å². The van der Waals surface area contributed by atoms with Crippen LogP contribution in [-0.2, 0) is 0 Å². The molecule has 0 bridgehead atoms. The van der Waals surface area contributed by atoms with Crippen LogP contribution >= 0.6 is 0 Å². The third-order valence-corrected chi connectivity index (χ3v) is 4.66. The van der Waals surface area contributed by atoms with E-state index in [9.17, 15) is 0 Å². The van der Waals surface area contributed by atoms with E-state index in [-0.39, 0.29) is 0 Å². The third kappa shape index (κ3) is 2.85. The number of likely N-dealkylation sites (N-methyl/N-ethyl adjacent to an activating group) is 1. The molecule has 2 heterocycles. The van der Waals surface area contributed by atoms with Crippen LogP contribution in [0.4, 0.5) is 5.82 Å². The van der Waals surface area contributed by atoms with Crippen molar-refractivity contribution < 1.29 is 0 Å². The van der Waals surface area contributed by atoms with Crippen LogP contribution in [0.1, 0.15) is 5.56 Å². The first kappa shape index (κ1) is 15.1. The molecule has 3 aromatic rings. The molecule has 1 fully saturated rings. The van der Waals surface area contributed by atoms with Gasteiger partial charge in [-0.15, -0.1) is 0 Å². The fourth-order valence-electron chi connectivity index (χ4n) is 3.23. The zero-order valence-electron chi connectivity index (χ0n) is 14.2. The highest BCUT2D eigenvalue weighted by Crippen LogP contribution is 2.28. The van der Waals surface area contributed by atoms with Crippen LogP contribution in [0.5, 0.6) is 0 Å². The first-order chi connectivity index (χ1) is 11.7. The SMILES string of the molecule is Cc1cccc(-c2nc(N3CCN(C)CC3)c3ccccc3n2)c1. The second-order valence-electron chi connectivity index (χ2n) is 6.55. The minimum absolute atomic E-state index is 0.811. The number of nitrogens with zero attached hydrogens (tertiary/aromatic N) is 4. The summed E-state index contributed by atoms with van der Waals surface area (Å²) in [6, 6.07) is 16.7. The maximum atomic E-state index is 4.96. The number of hydrogen-bond donors (Lipinski definition) is 0. The molecule has 0 aliphatic carbocycles. The van der Waals surface area contributed by atoms with Crippen LogP contribution in [-0.4, -0.2) is 48.1 Å². The van der Waals surface area contributed by atoms with E-state index in [0.29, 0.717) is 0 Å². The van der Waals surface area contributed by atoms with Crippen molar-refractivity contribution in [1.29, 1.82) is 0 Å². The third-order valence-electron chi connectivity index (χ3n) is 4.66.